The van der Waals surface area contributed by atoms with Gasteiger partial charge in [-0.15, -0.1) is 0 Å². The molecule has 1 heterocycles. The maximum absolute atomic E-state index is 11.5. The van der Waals surface area contributed by atoms with E-state index in [1.807, 2.05) is 6.92 Å². The summed E-state index contributed by atoms with van der Waals surface area (Å²) in [6.07, 6.45) is 2.06. The number of rotatable bonds is 5. The summed E-state index contributed by atoms with van der Waals surface area (Å²) in [6.45, 7) is 4.67. The normalized spacial score (nSPS) is 16.8. The standard InChI is InChI=1S/C12H21NO4.H3P/c1-3-17-12(15)10-4-7-13(8-5-10)9-6-11(14)16-2;/h10H,3-9H2,1-2H3;1H3. The summed E-state index contributed by atoms with van der Waals surface area (Å²) >= 11 is 0. The molecule has 1 unspecified atom stereocenters. The fraction of sp³-hybridized carbons (Fsp3) is 0.833. The van der Waals surface area contributed by atoms with Gasteiger partial charge in [0.25, 0.3) is 0 Å². The molecule has 5 nitrogen and oxygen atoms in total. The van der Waals surface area contributed by atoms with Crippen LogP contribution >= 0.6 is 9.90 Å². The third-order valence-corrected chi connectivity index (χ3v) is 3.07. The molecule has 1 fully saturated rings. The summed E-state index contributed by atoms with van der Waals surface area (Å²) in [5.41, 5.74) is 0. The lowest BCUT2D eigenvalue weighted by Crippen LogP contribution is -2.38. The third-order valence-electron chi connectivity index (χ3n) is 3.07. The van der Waals surface area contributed by atoms with Crippen LogP contribution in [0.5, 0.6) is 0 Å². The van der Waals surface area contributed by atoms with E-state index in [1.165, 1.54) is 7.11 Å². The maximum atomic E-state index is 11.5. The first kappa shape index (κ1) is 17.3. The van der Waals surface area contributed by atoms with Gasteiger partial charge in [-0.05, 0) is 32.9 Å². The Labute approximate surface area is 112 Å². The van der Waals surface area contributed by atoms with E-state index in [9.17, 15) is 9.59 Å². The van der Waals surface area contributed by atoms with Gasteiger partial charge in [-0.2, -0.15) is 9.90 Å². The zero-order valence-corrected chi connectivity index (χ0v) is 12.7. The second-order valence-electron chi connectivity index (χ2n) is 4.19. The number of nitrogens with zero attached hydrogens (tertiary/aromatic N) is 1. The molecule has 1 atom stereocenters. The number of carbonyl (C=O) groups excluding carboxylic acids is 2. The van der Waals surface area contributed by atoms with Crippen LogP contribution in [0.1, 0.15) is 26.2 Å². The van der Waals surface area contributed by atoms with Gasteiger partial charge in [-0.25, -0.2) is 0 Å². The van der Waals surface area contributed by atoms with Crippen molar-refractivity contribution in [3.05, 3.63) is 0 Å². The van der Waals surface area contributed by atoms with Gasteiger partial charge in [0, 0.05) is 6.54 Å². The van der Waals surface area contributed by atoms with Crippen molar-refractivity contribution in [2.45, 2.75) is 26.2 Å². The number of ether oxygens (including phenoxy) is 2. The van der Waals surface area contributed by atoms with E-state index < -0.39 is 0 Å². The van der Waals surface area contributed by atoms with E-state index in [-0.39, 0.29) is 27.8 Å². The molecule has 6 heteroatoms. The lowest BCUT2D eigenvalue weighted by atomic mass is 9.97. The minimum absolute atomic E-state index is 0. The largest absolute Gasteiger partial charge is 0.469 e. The van der Waals surface area contributed by atoms with Gasteiger partial charge >= 0.3 is 11.9 Å². The Morgan fingerprint density at radius 2 is 1.89 bits per heavy atom. The average molecular weight is 277 g/mol. The van der Waals surface area contributed by atoms with Crippen molar-refractivity contribution >= 4 is 21.8 Å². The quantitative estimate of drug-likeness (QED) is 0.551. The van der Waals surface area contributed by atoms with Crippen LogP contribution in [0.25, 0.3) is 0 Å². The highest BCUT2D eigenvalue weighted by Crippen LogP contribution is 2.18. The zero-order valence-electron chi connectivity index (χ0n) is 11.3. The summed E-state index contributed by atoms with van der Waals surface area (Å²) in [6, 6.07) is 0. The Hall–Kier alpha value is -0.670. The summed E-state index contributed by atoms with van der Waals surface area (Å²) in [5, 5.41) is 0. The van der Waals surface area contributed by atoms with Crippen molar-refractivity contribution in [2.24, 2.45) is 5.92 Å². The molecule has 0 aliphatic carbocycles. The van der Waals surface area contributed by atoms with Crippen LogP contribution < -0.4 is 0 Å². The zero-order chi connectivity index (χ0) is 12.7. The van der Waals surface area contributed by atoms with Crippen LogP contribution in [0, 0.1) is 5.92 Å². The molecular weight excluding hydrogens is 253 g/mol. The number of hydrogen-bond donors (Lipinski definition) is 0. The van der Waals surface area contributed by atoms with Crippen LogP contribution in [0.2, 0.25) is 0 Å². The van der Waals surface area contributed by atoms with E-state index in [1.54, 1.807) is 0 Å². The topological polar surface area (TPSA) is 55.8 Å². The minimum atomic E-state index is -0.183. The molecule has 0 radical (unpaired) electrons. The van der Waals surface area contributed by atoms with Crippen LogP contribution in [0.15, 0.2) is 0 Å². The van der Waals surface area contributed by atoms with Crippen LogP contribution in [0.3, 0.4) is 0 Å². The number of carbonyl (C=O) groups is 2. The third kappa shape index (κ3) is 5.78. The molecule has 1 aliphatic heterocycles. The van der Waals surface area contributed by atoms with Crippen molar-refractivity contribution in [1.82, 2.24) is 4.90 Å². The van der Waals surface area contributed by atoms with Crippen molar-refractivity contribution < 1.29 is 19.1 Å². The maximum Gasteiger partial charge on any atom is 0.309 e. The van der Waals surface area contributed by atoms with Crippen molar-refractivity contribution in [3.8, 4) is 0 Å². The second kappa shape index (κ2) is 9.29. The molecule has 0 amide bonds. The van der Waals surface area contributed by atoms with Gasteiger partial charge in [0.15, 0.2) is 0 Å². The Kier molecular flexibility index (Phi) is 8.94. The van der Waals surface area contributed by atoms with E-state index in [2.05, 4.69) is 9.64 Å². The van der Waals surface area contributed by atoms with E-state index in [0.29, 0.717) is 19.6 Å². The molecule has 1 saturated heterocycles. The number of likely N-dealkylation sites (tertiary alicyclic amines) is 1. The van der Waals surface area contributed by atoms with Gasteiger partial charge in [0.2, 0.25) is 0 Å². The van der Waals surface area contributed by atoms with E-state index in [4.69, 9.17) is 4.74 Å². The van der Waals surface area contributed by atoms with Crippen molar-refractivity contribution in [3.63, 3.8) is 0 Å². The first-order chi connectivity index (χ1) is 8.17. The molecule has 0 spiro atoms. The fourth-order valence-corrected chi connectivity index (χ4v) is 2.00. The van der Waals surface area contributed by atoms with Gasteiger partial charge in [-0.1, -0.05) is 0 Å². The molecular formula is C12H24NO4P. The first-order valence-corrected chi connectivity index (χ1v) is 6.13. The number of hydrogen-bond acceptors (Lipinski definition) is 5. The Morgan fingerprint density at radius 1 is 1.28 bits per heavy atom. The van der Waals surface area contributed by atoms with E-state index >= 15 is 0 Å². The lowest BCUT2D eigenvalue weighted by molar-refractivity contribution is -0.150. The average Bonchev–Trinajstić information content (AvgIpc) is 2.36. The van der Waals surface area contributed by atoms with E-state index in [0.717, 1.165) is 25.9 Å². The molecule has 0 bridgehead atoms. The Morgan fingerprint density at radius 3 is 2.39 bits per heavy atom. The van der Waals surface area contributed by atoms with Crippen LogP contribution in [-0.2, 0) is 19.1 Å². The lowest BCUT2D eigenvalue weighted by Gasteiger charge is -2.30. The van der Waals surface area contributed by atoms with Crippen LogP contribution in [-0.4, -0.2) is 50.2 Å². The van der Waals surface area contributed by atoms with Gasteiger partial charge < -0.3 is 14.4 Å². The monoisotopic (exact) mass is 277 g/mol. The van der Waals surface area contributed by atoms with Crippen molar-refractivity contribution in [1.29, 1.82) is 0 Å². The molecule has 1 aliphatic rings. The number of piperidine rings is 1. The molecule has 106 valence electrons. The fourth-order valence-electron chi connectivity index (χ4n) is 2.00. The summed E-state index contributed by atoms with van der Waals surface area (Å²) < 4.78 is 9.59. The molecule has 0 N–H and O–H groups in total. The number of esters is 2. The molecule has 0 aromatic rings. The SMILES string of the molecule is CCOC(=O)C1CCN(CCC(=O)OC)CC1.P. The molecule has 18 heavy (non-hydrogen) atoms. The Bertz CT molecular complexity index is 265. The van der Waals surface area contributed by atoms with Gasteiger partial charge in [-0.3, -0.25) is 9.59 Å². The second-order valence-corrected chi connectivity index (χ2v) is 4.19. The minimum Gasteiger partial charge on any atom is -0.469 e. The summed E-state index contributed by atoms with van der Waals surface area (Å²) in [4.78, 5) is 24.7. The highest BCUT2D eigenvalue weighted by molar-refractivity contribution is 6.92. The van der Waals surface area contributed by atoms with Gasteiger partial charge in [0.1, 0.15) is 0 Å². The highest BCUT2D eigenvalue weighted by Gasteiger charge is 2.25. The number of methoxy groups -OCH3 is 1. The van der Waals surface area contributed by atoms with Gasteiger partial charge in [0.05, 0.1) is 26.1 Å². The summed E-state index contributed by atoms with van der Waals surface area (Å²) in [7, 11) is 1.40. The Balaban J connectivity index is 0.00000289. The predicted octanol–water partition coefficient (Wildman–Crippen LogP) is 0.883. The smallest absolute Gasteiger partial charge is 0.309 e. The predicted molar refractivity (Wildman–Crippen MR) is 73.5 cm³/mol. The first-order valence-electron chi connectivity index (χ1n) is 6.13. The van der Waals surface area contributed by atoms with Crippen molar-refractivity contribution in [2.75, 3.05) is 33.4 Å². The molecule has 0 aromatic heterocycles. The van der Waals surface area contributed by atoms with Crippen LogP contribution in [0.4, 0.5) is 0 Å². The molecule has 0 saturated carbocycles. The molecule has 0 aromatic carbocycles. The highest BCUT2D eigenvalue weighted by atomic mass is 31.0. The molecule has 1 rings (SSSR count). The summed E-state index contributed by atoms with van der Waals surface area (Å²) in [5.74, 6) is -0.234.